The molecule has 4 aromatic rings. The first-order valence-electron chi connectivity index (χ1n) is 12.0. The molecule has 0 spiro atoms. The topological polar surface area (TPSA) is 79.5 Å². The highest BCUT2D eigenvalue weighted by Gasteiger charge is 2.29. The number of aromatic nitrogens is 2. The maximum atomic E-state index is 14.1. The Morgan fingerprint density at radius 2 is 1.24 bits per heavy atom. The normalized spacial score (nSPS) is 11.0. The average molecular weight is 499 g/mol. The fraction of sp³-hybridized carbons (Fsp3) is 0.233. The Kier molecular flexibility index (Phi) is 7.16. The van der Waals surface area contributed by atoms with Crippen molar-refractivity contribution >= 4 is 11.9 Å². The molecule has 0 aliphatic carbocycles. The minimum atomic E-state index is -0.415. The van der Waals surface area contributed by atoms with Crippen molar-refractivity contribution in [3.05, 3.63) is 111 Å². The summed E-state index contributed by atoms with van der Waals surface area (Å²) in [6.45, 7) is 8.53. The van der Waals surface area contributed by atoms with Crippen molar-refractivity contribution in [2.45, 2.75) is 40.5 Å². The van der Waals surface area contributed by atoms with Gasteiger partial charge in [-0.1, -0.05) is 30.3 Å². The number of carbonyl (C=O) groups excluding carboxylic acids is 2. The fourth-order valence-electron chi connectivity index (χ4n) is 4.80. The predicted octanol–water partition coefficient (Wildman–Crippen LogP) is 5.13. The number of hydrogen-bond acceptors (Lipinski definition) is 5. The van der Waals surface area contributed by atoms with E-state index in [0.717, 1.165) is 33.6 Å². The predicted molar refractivity (Wildman–Crippen MR) is 142 cm³/mol. The van der Waals surface area contributed by atoms with E-state index in [1.807, 2.05) is 75.0 Å². The SMILES string of the molecule is CC(=O)Oc1ccc(C(c2ccc(OC(C)=O)cc2C)c2c(C)n(C)n(-c3ccccc3)c2=O)c(C)c1. The van der Waals surface area contributed by atoms with Gasteiger partial charge in [-0.25, -0.2) is 4.68 Å². The highest BCUT2D eigenvalue weighted by Crippen LogP contribution is 2.38. The molecule has 7 heteroatoms. The lowest BCUT2D eigenvalue weighted by atomic mass is 9.81. The van der Waals surface area contributed by atoms with Crippen LogP contribution in [0.15, 0.2) is 71.5 Å². The van der Waals surface area contributed by atoms with Crippen LogP contribution in [0.2, 0.25) is 0 Å². The molecule has 0 bridgehead atoms. The maximum absolute atomic E-state index is 14.1. The first kappa shape index (κ1) is 25.7. The highest BCUT2D eigenvalue weighted by atomic mass is 16.5. The van der Waals surface area contributed by atoms with Gasteiger partial charge in [-0.3, -0.25) is 19.1 Å². The monoisotopic (exact) mass is 498 g/mol. The molecular weight excluding hydrogens is 468 g/mol. The Balaban J connectivity index is 1.97. The van der Waals surface area contributed by atoms with Gasteiger partial charge < -0.3 is 9.47 Å². The molecule has 0 fully saturated rings. The molecule has 7 nitrogen and oxygen atoms in total. The van der Waals surface area contributed by atoms with Crippen molar-refractivity contribution in [3.63, 3.8) is 0 Å². The molecule has 190 valence electrons. The lowest BCUT2D eigenvalue weighted by Gasteiger charge is -2.22. The summed E-state index contributed by atoms with van der Waals surface area (Å²) in [5.74, 6) is -0.321. The Hall–Kier alpha value is -4.39. The Morgan fingerprint density at radius 1 is 0.757 bits per heavy atom. The van der Waals surface area contributed by atoms with Gasteiger partial charge >= 0.3 is 11.9 Å². The second-order valence-electron chi connectivity index (χ2n) is 9.13. The minimum absolute atomic E-state index is 0.122. The van der Waals surface area contributed by atoms with E-state index in [4.69, 9.17) is 9.47 Å². The molecule has 0 aliphatic heterocycles. The van der Waals surface area contributed by atoms with Crippen molar-refractivity contribution in [2.75, 3.05) is 0 Å². The maximum Gasteiger partial charge on any atom is 0.308 e. The zero-order valence-corrected chi connectivity index (χ0v) is 21.9. The largest absolute Gasteiger partial charge is 0.427 e. The van der Waals surface area contributed by atoms with Crippen molar-refractivity contribution in [3.8, 4) is 17.2 Å². The fourth-order valence-corrected chi connectivity index (χ4v) is 4.80. The Morgan fingerprint density at radius 3 is 1.68 bits per heavy atom. The van der Waals surface area contributed by atoms with Crippen LogP contribution in [0.4, 0.5) is 0 Å². The third-order valence-electron chi connectivity index (χ3n) is 6.52. The molecule has 0 saturated heterocycles. The van der Waals surface area contributed by atoms with Crippen LogP contribution >= 0.6 is 0 Å². The second-order valence-corrected chi connectivity index (χ2v) is 9.13. The third-order valence-corrected chi connectivity index (χ3v) is 6.52. The van der Waals surface area contributed by atoms with Crippen LogP contribution in [0.1, 0.15) is 53.3 Å². The van der Waals surface area contributed by atoms with E-state index in [1.54, 1.807) is 28.9 Å². The van der Waals surface area contributed by atoms with Gasteiger partial charge in [0.05, 0.1) is 11.3 Å². The summed E-state index contributed by atoms with van der Waals surface area (Å²) in [6, 6.07) is 20.4. The number of ether oxygens (including phenoxy) is 2. The van der Waals surface area contributed by atoms with Crippen LogP contribution in [-0.2, 0) is 16.6 Å². The molecule has 0 aliphatic rings. The van der Waals surface area contributed by atoms with Crippen molar-refractivity contribution in [2.24, 2.45) is 7.05 Å². The van der Waals surface area contributed by atoms with Crippen LogP contribution in [0.25, 0.3) is 5.69 Å². The van der Waals surface area contributed by atoms with Crippen molar-refractivity contribution in [1.82, 2.24) is 9.36 Å². The lowest BCUT2D eigenvalue weighted by molar-refractivity contribution is -0.132. The lowest BCUT2D eigenvalue weighted by Crippen LogP contribution is -2.23. The molecule has 0 atom stereocenters. The Bertz CT molecular complexity index is 1480. The van der Waals surface area contributed by atoms with Crippen LogP contribution < -0.4 is 15.0 Å². The smallest absolute Gasteiger partial charge is 0.308 e. The summed E-state index contributed by atoms with van der Waals surface area (Å²) in [4.78, 5) is 37.0. The number of hydrogen-bond donors (Lipinski definition) is 0. The molecule has 0 unspecified atom stereocenters. The van der Waals surface area contributed by atoms with Gasteiger partial charge in [0, 0.05) is 32.5 Å². The van der Waals surface area contributed by atoms with Gasteiger partial charge in [-0.05, 0) is 79.4 Å². The van der Waals surface area contributed by atoms with Crippen LogP contribution in [-0.4, -0.2) is 21.3 Å². The molecule has 3 aromatic carbocycles. The number of carbonyl (C=O) groups is 2. The number of benzene rings is 3. The van der Waals surface area contributed by atoms with E-state index >= 15 is 0 Å². The number of nitrogens with zero attached hydrogens (tertiary/aromatic N) is 2. The molecule has 4 rings (SSSR count). The summed E-state index contributed by atoms with van der Waals surface area (Å²) in [6.07, 6.45) is 0. The molecule has 0 N–H and O–H groups in total. The molecule has 37 heavy (non-hydrogen) atoms. The molecule has 1 heterocycles. The molecule has 0 amide bonds. The summed E-state index contributed by atoms with van der Waals surface area (Å²) >= 11 is 0. The van der Waals surface area contributed by atoms with Crippen LogP contribution in [0.3, 0.4) is 0 Å². The van der Waals surface area contributed by atoms with Crippen molar-refractivity contribution in [1.29, 1.82) is 0 Å². The summed E-state index contributed by atoms with van der Waals surface area (Å²) in [5.41, 5.74) is 5.68. The third kappa shape index (κ3) is 5.11. The van der Waals surface area contributed by atoms with Gasteiger partial charge in [0.25, 0.3) is 5.56 Å². The number of para-hydroxylation sites is 1. The molecule has 1 aromatic heterocycles. The quantitative estimate of drug-likeness (QED) is 0.272. The standard InChI is InChI=1S/C30H30N2O5/c1-18-16-24(36-21(4)33)12-14-26(18)29(27-15-13-25(17-19(27)2)37-22(5)34)28-20(3)31(6)32(30(28)35)23-10-8-7-9-11-23/h7-17,29H,1-6H3. The average Bonchev–Trinajstić information content (AvgIpc) is 3.04. The number of esters is 2. The van der Waals surface area contributed by atoms with Crippen LogP contribution in [0.5, 0.6) is 11.5 Å². The summed E-state index contributed by atoms with van der Waals surface area (Å²) in [7, 11) is 1.87. The number of rotatable bonds is 6. The summed E-state index contributed by atoms with van der Waals surface area (Å²) in [5, 5.41) is 0. The van der Waals surface area contributed by atoms with E-state index in [0.29, 0.717) is 17.1 Å². The van der Waals surface area contributed by atoms with Gasteiger partial charge in [0.2, 0.25) is 0 Å². The summed E-state index contributed by atoms with van der Waals surface area (Å²) < 4.78 is 14.1. The van der Waals surface area contributed by atoms with Crippen LogP contribution in [0, 0.1) is 20.8 Å². The second kappa shape index (κ2) is 10.3. The molecule has 0 radical (unpaired) electrons. The van der Waals surface area contributed by atoms with Crippen molar-refractivity contribution < 1.29 is 19.1 Å². The number of aryl methyl sites for hydroxylation is 2. The van der Waals surface area contributed by atoms with E-state index in [9.17, 15) is 14.4 Å². The van der Waals surface area contributed by atoms with Gasteiger partial charge in [0.1, 0.15) is 11.5 Å². The molecule has 0 saturated carbocycles. The van der Waals surface area contributed by atoms with E-state index in [-0.39, 0.29) is 5.56 Å². The molecular formula is C30H30N2O5. The van der Waals surface area contributed by atoms with E-state index in [1.165, 1.54) is 13.8 Å². The Labute approximate surface area is 215 Å². The zero-order valence-electron chi connectivity index (χ0n) is 21.9. The zero-order chi connectivity index (χ0) is 26.9. The first-order chi connectivity index (χ1) is 17.6. The minimum Gasteiger partial charge on any atom is -0.427 e. The van der Waals surface area contributed by atoms with E-state index < -0.39 is 17.9 Å². The highest BCUT2D eigenvalue weighted by molar-refractivity contribution is 5.70. The van der Waals surface area contributed by atoms with Gasteiger partial charge in [-0.15, -0.1) is 0 Å². The van der Waals surface area contributed by atoms with Gasteiger partial charge in [0.15, 0.2) is 0 Å². The first-order valence-corrected chi connectivity index (χ1v) is 12.0. The van der Waals surface area contributed by atoms with Gasteiger partial charge in [-0.2, -0.15) is 0 Å². The van der Waals surface area contributed by atoms with E-state index in [2.05, 4.69) is 0 Å².